The zero-order valence-electron chi connectivity index (χ0n) is 9.16. The third kappa shape index (κ3) is 1.97. The molecule has 0 bridgehead atoms. The lowest BCUT2D eigenvalue weighted by atomic mass is 10.3. The number of hydrogen-bond acceptors (Lipinski definition) is 2. The molecule has 0 saturated heterocycles. The summed E-state index contributed by atoms with van der Waals surface area (Å²) in [5.74, 6) is 0.352. The van der Waals surface area contributed by atoms with Crippen LogP contribution in [0.1, 0.15) is 24.8 Å². The highest BCUT2D eigenvalue weighted by atomic mass is 32.1. The smallest absolute Gasteiger partial charge is 0.235 e. The van der Waals surface area contributed by atoms with Crippen LogP contribution in [0, 0.1) is 6.92 Å². The molecule has 0 amide bonds. The molecule has 0 radical (unpaired) electrons. The van der Waals surface area contributed by atoms with Crippen molar-refractivity contribution < 1.29 is 9.67 Å². The quantitative estimate of drug-likeness (QED) is 0.793. The van der Waals surface area contributed by atoms with Crippen LogP contribution in [0.4, 0.5) is 0 Å². The van der Waals surface area contributed by atoms with E-state index in [1.54, 1.807) is 17.4 Å². The fourth-order valence-corrected chi connectivity index (χ4v) is 2.81. The standard InChI is InChI=1S/C12H15NOS/c1-3-4-7-13-9(2)15-12-6-5-10(14)8-11(12)13/h5-6,8H,3-4,7H2,1-2H3/p+1. The molecule has 0 atom stereocenters. The Hall–Kier alpha value is -1.09. The molecule has 2 nitrogen and oxygen atoms in total. The summed E-state index contributed by atoms with van der Waals surface area (Å²) in [4.78, 5) is 0. The first-order valence-electron chi connectivity index (χ1n) is 5.34. The maximum absolute atomic E-state index is 9.48. The van der Waals surface area contributed by atoms with E-state index in [1.807, 2.05) is 12.1 Å². The van der Waals surface area contributed by atoms with E-state index in [0.717, 1.165) is 12.1 Å². The molecule has 15 heavy (non-hydrogen) atoms. The summed E-state index contributed by atoms with van der Waals surface area (Å²) in [5, 5.41) is 10.8. The van der Waals surface area contributed by atoms with E-state index in [-0.39, 0.29) is 0 Å². The molecule has 0 fully saturated rings. The molecule has 0 unspecified atom stereocenters. The summed E-state index contributed by atoms with van der Waals surface area (Å²) in [7, 11) is 0. The summed E-state index contributed by atoms with van der Waals surface area (Å²) in [6.07, 6.45) is 2.38. The van der Waals surface area contributed by atoms with Crippen LogP contribution in [-0.4, -0.2) is 5.11 Å². The van der Waals surface area contributed by atoms with Crippen LogP contribution >= 0.6 is 11.3 Å². The van der Waals surface area contributed by atoms with Crippen LogP contribution in [0.3, 0.4) is 0 Å². The molecule has 2 aromatic rings. The van der Waals surface area contributed by atoms with Gasteiger partial charge in [0.15, 0.2) is 0 Å². The second-order valence-corrected chi connectivity index (χ2v) is 5.01. The monoisotopic (exact) mass is 222 g/mol. The van der Waals surface area contributed by atoms with Gasteiger partial charge < -0.3 is 5.11 Å². The van der Waals surface area contributed by atoms with Gasteiger partial charge in [-0.15, -0.1) is 0 Å². The third-order valence-corrected chi connectivity index (χ3v) is 3.69. The summed E-state index contributed by atoms with van der Waals surface area (Å²) >= 11 is 1.79. The molecule has 1 heterocycles. The first-order valence-corrected chi connectivity index (χ1v) is 6.16. The number of hydrogen-bond donors (Lipinski definition) is 1. The fourth-order valence-electron chi connectivity index (χ4n) is 1.78. The number of unbranched alkanes of at least 4 members (excludes halogenated alkanes) is 1. The maximum Gasteiger partial charge on any atom is 0.235 e. The van der Waals surface area contributed by atoms with Gasteiger partial charge in [0.1, 0.15) is 17.0 Å². The van der Waals surface area contributed by atoms with E-state index in [9.17, 15) is 5.11 Å². The van der Waals surface area contributed by atoms with Gasteiger partial charge in [-0.3, -0.25) is 0 Å². The Morgan fingerprint density at radius 3 is 2.93 bits per heavy atom. The van der Waals surface area contributed by atoms with E-state index >= 15 is 0 Å². The van der Waals surface area contributed by atoms with Gasteiger partial charge in [0.2, 0.25) is 10.5 Å². The zero-order chi connectivity index (χ0) is 10.8. The number of phenolic OH excluding ortho intramolecular Hbond substituents is 1. The fraction of sp³-hybridized carbons (Fsp3) is 0.417. The normalized spacial score (nSPS) is 11.1. The van der Waals surface area contributed by atoms with Crippen molar-refractivity contribution in [1.29, 1.82) is 0 Å². The lowest BCUT2D eigenvalue weighted by Gasteiger charge is -1.95. The number of phenols is 1. The Kier molecular flexibility index (Phi) is 2.91. The van der Waals surface area contributed by atoms with E-state index in [1.165, 1.54) is 22.5 Å². The van der Waals surface area contributed by atoms with Crippen LogP contribution in [0.5, 0.6) is 5.75 Å². The average Bonchev–Trinajstić information content (AvgIpc) is 2.51. The van der Waals surface area contributed by atoms with E-state index in [0.29, 0.717) is 5.75 Å². The summed E-state index contributed by atoms with van der Waals surface area (Å²) in [6.45, 7) is 5.38. The van der Waals surface area contributed by atoms with Gasteiger partial charge in [0.25, 0.3) is 0 Å². The first kappa shape index (κ1) is 10.4. The highest BCUT2D eigenvalue weighted by molar-refractivity contribution is 7.18. The van der Waals surface area contributed by atoms with Crippen LogP contribution in [0.2, 0.25) is 0 Å². The number of rotatable bonds is 3. The first-order chi connectivity index (χ1) is 7.22. The molecule has 1 aromatic carbocycles. The molecule has 2 rings (SSSR count). The molecule has 0 aliphatic rings. The van der Waals surface area contributed by atoms with Crippen molar-refractivity contribution >= 4 is 21.6 Å². The molecular formula is C12H16NOS+. The second kappa shape index (κ2) is 4.19. The number of aromatic nitrogens is 1. The van der Waals surface area contributed by atoms with Gasteiger partial charge in [-0.1, -0.05) is 24.7 Å². The number of fused-ring (bicyclic) bond motifs is 1. The molecule has 0 saturated carbocycles. The van der Waals surface area contributed by atoms with Crippen molar-refractivity contribution in [2.45, 2.75) is 33.2 Å². The Morgan fingerprint density at radius 2 is 2.20 bits per heavy atom. The molecule has 0 spiro atoms. The van der Waals surface area contributed by atoms with Crippen LogP contribution < -0.4 is 4.57 Å². The van der Waals surface area contributed by atoms with Gasteiger partial charge in [-0.2, -0.15) is 4.57 Å². The average molecular weight is 222 g/mol. The van der Waals surface area contributed by atoms with Gasteiger partial charge in [-0.25, -0.2) is 0 Å². The lowest BCUT2D eigenvalue weighted by Crippen LogP contribution is -2.34. The van der Waals surface area contributed by atoms with Gasteiger partial charge in [0, 0.05) is 13.3 Å². The predicted molar refractivity (Wildman–Crippen MR) is 63.3 cm³/mol. The van der Waals surface area contributed by atoms with Crippen LogP contribution in [-0.2, 0) is 6.54 Å². The topological polar surface area (TPSA) is 24.1 Å². The van der Waals surface area contributed by atoms with E-state index < -0.39 is 0 Å². The largest absolute Gasteiger partial charge is 0.508 e. The van der Waals surface area contributed by atoms with Crippen molar-refractivity contribution in [1.82, 2.24) is 0 Å². The number of aromatic hydroxyl groups is 1. The summed E-state index contributed by atoms with van der Waals surface area (Å²) in [5.41, 5.74) is 1.16. The minimum Gasteiger partial charge on any atom is -0.508 e. The zero-order valence-corrected chi connectivity index (χ0v) is 9.97. The van der Waals surface area contributed by atoms with E-state index in [4.69, 9.17) is 0 Å². The van der Waals surface area contributed by atoms with Crippen LogP contribution in [0.15, 0.2) is 18.2 Å². The molecule has 1 N–H and O–H groups in total. The Bertz CT molecular complexity index is 476. The third-order valence-electron chi connectivity index (χ3n) is 2.61. The molecule has 3 heteroatoms. The number of aryl methyl sites for hydroxylation is 2. The van der Waals surface area contributed by atoms with Crippen molar-refractivity contribution in [2.75, 3.05) is 0 Å². The highest BCUT2D eigenvalue weighted by Gasteiger charge is 2.16. The Labute approximate surface area is 93.8 Å². The molecular weight excluding hydrogens is 206 g/mol. The highest BCUT2D eigenvalue weighted by Crippen LogP contribution is 2.23. The molecule has 0 aliphatic heterocycles. The van der Waals surface area contributed by atoms with Crippen molar-refractivity contribution in [2.24, 2.45) is 0 Å². The minimum absolute atomic E-state index is 0.352. The molecule has 80 valence electrons. The number of thiazole rings is 1. The second-order valence-electron chi connectivity index (χ2n) is 3.78. The van der Waals surface area contributed by atoms with Crippen molar-refractivity contribution in [3.63, 3.8) is 0 Å². The molecule has 1 aromatic heterocycles. The Morgan fingerprint density at radius 1 is 1.40 bits per heavy atom. The maximum atomic E-state index is 9.48. The van der Waals surface area contributed by atoms with Crippen LogP contribution in [0.25, 0.3) is 10.2 Å². The van der Waals surface area contributed by atoms with E-state index in [2.05, 4.69) is 18.4 Å². The van der Waals surface area contributed by atoms with Gasteiger partial charge in [-0.05, 0) is 12.1 Å². The van der Waals surface area contributed by atoms with Gasteiger partial charge >= 0.3 is 0 Å². The summed E-state index contributed by atoms with van der Waals surface area (Å²) in [6, 6.07) is 5.60. The molecule has 0 aliphatic carbocycles. The Balaban J connectivity index is 2.50. The SMILES string of the molecule is CCCC[n+]1c(C)sc2ccc(O)cc21. The van der Waals surface area contributed by atoms with Crippen molar-refractivity contribution in [3.8, 4) is 5.75 Å². The summed E-state index contributed by atoms with van der Waals surface area (Å²) < 4.78 is 3.55. The van der Waals surface area contributed by atoms with Gasteiger partial charge in [0.05, 0.1) is 6.07 Å². The predicted octanol–water partition coefficient (Wildman–Crippen LogP) is 3.00. The van der Waals surface area contributed by atoms with Crippen molar-refractivity contribution in [3.05, 3.63) is 23.2 Å². The number of benzene rings is 1. The minimum atomic E-state index is 0.352. The lowest BCUT2D eigenvalue weighted by molar-refractivity contribution is -0.673. The number of nitrogens with zero attached hydrogens (tertiary/aromatic N) is 1.